The summed E-state index contributed by atoms with van der Waals surface area (Å²) in [6.45, 7) is 14.0. The van der Waals surface area contributed by atoms with E-state index < -0.39 is 0 Å². The summed E-state index contributed by atoms with van der Waals surface area (Å²) in [6, 6.07) is 28.2. The molecule has 0 radical (unpaired) electrons. The highest BCUT2D eigenvalue weighted by atomic mass is 14.1. The van der Waals surface area contributed by atoms with E-state index in [0.29, 0.717) is 0 Å². The molecule has 0 spiro atoms. The van der Waals surface area contributed by atoms with Gasteiger partial charge >= 0.3 is 0 Å². The van der Waals surface area contributed by atoms with E-state index in [1.54, 1.807) is 0 Å². The van der Waals surface area contributed by atoms with Crippen molar-refractivity contribution in [3.05, 3.63) is 96.6 Å². The van der Waals surface area contributed by atoms with Crippen LogP contribution in [-0.2, 0) is 0 Å². The maximum Gasteiger partial charge on any atom is -0.00699 e. The summed E-state index contributed by atoms with van der Waals surface area (Å²) < 4.78 is 0. The monoisotopic (exact) mass is 368 g/mol. The lowest BCUT2D eigenvalue weighted by Gasteiger charge is -2.13. The highest BCUT2D eigenvalue weighted by Crippen LogP contribution is 2.36. The smallest absolute Gasteiger partial charge is 0.00699 e. The van der Waals surface area contributed by atoms with Gasteiger partial charge in [0.05, 0.1) is 0 Å². The lowest BCUT2D eigenvalue weighted by atomic mass is 9.91. The van der Waals surface area contributed by atoms with Crippen LogP contribution in [0.25, 0.3) is 32.7 Å². The Morgan fingerprint density at radius 2 is 1.21 bits per heavy atom. The summed E-state index contributed by atoms with van der Waals surface area (Å²) in [5, 5.41) is 5.24. The van der Waals surface area contributed by atoms with E-state index in [1.165, 1.54) is 43.8 Å². The predicted molar refractivity (Wildman–Crippen MR) is 128 cm³/mol. The standard InChI is InChI=1S/C21H16.C5H10.C2H6/c1-15-13-14-17-8-3-5-11-19(17)21(15)20-12-6-9-16-7-2-4-10-18(16)20;1-4-5(2)3;1-2/h2-14H,1H3;2,4H2,1,3H3;1-2H3. The Kier molecular flexibility index (Phi) is 8.02. The fraction of sp³-hybridized carbons (Fsp3) is 0.214. The number of aryl methyl sites for hydroxylation is 1. The molecule has 0 aliphatic carbocycles. The summed E-state index contributed by atoms with van der Waals surface area (Å²) in [4.78, 5) is 0. The van der Waals surface area contributed by atoms with E-state index >= 15 is 0 Å². The fourth-order valence-electron chi connectivity index (χ4n) is 3.18. The molecule has 0 saturated carbocycles. The average molecular weight is 369 g/mol. The van der Waals surface area contributed by atoms with E-state index in [4.69, 9.17) is 0 Å². The van der Waals surface area contributed by atoms with Gasteiger partial charge in [-0.2, -0.15) is 0 Å². The molecule has 4 rings (SSSR count). The third kappa shape index (κ3) is 4.89. The van der Waals surface area contributed by atoms with Gasteiger partial charge in [-0.15, -0.1) is 6.58 Å². The van der Waals surface area contributed by atoms with Gasteiger partial charge in [-0.1, -0.05) is 105 Å². The Labute approximate surface area is 170 Å². The van der Waals surface area contributed by atoms with Crippen LogP contribution in [0.2, 0.25) is 0 Å². The number of allylic oxidation sites excluding steroid dienone is 1. The molecule has 4 aromatic rings. The van der Waals surface area contributed by atoms with Gasteiger partial charge in [0, 0.05) is 0 Å². The Bertz CT molecular complexity index is 1050. The van der Waals surface area contributed by atoms with Crippen LogP contribution in [0.1, 0.15) is 39.7 Å². The zero-order chi connectivity index (χ0) is 20.5. The van der Waals surface area contributed by atoms with Crippen molar-refractivity contribution in [3.63, 3.8) is 0 Å². The Balaban J connectivity index is 0.000000352. The molecule has 0 amide bonds. The maximum absolute atomic E-state index is 3.67. The average Bonchev–Trinajstić information content (AvgIpc) is 2.75. The second kappa shape index (κ2) is 10.5. The molecule has 0 bridgehead atoms. The Morgan fingerprint density at radius 1 is 0.714 bits per heavy atom. The van der Waals surface area contributed by atoms with E-state index in [9.17, 15) is 0 Å². The van der Waals surface area contributed by atoms with Gasteiger partial charge in [0.15, 0.2) is 0 Å². The van der Waals surface area contributed by atoms with E-state index in [1.807, 2.05) is 20.8 Å². The van der Waals surface area contributed by atoms with Crippen molar-refractivity contribution in [2.75, 3.05) is 0 Å². The summed E-state index contributed by atoms with van der Waals surface area (Å²) in [7, 11) is 0. The second-order valence-electron chi connectivity index (χ2n) is 6.82. The zero-order valence-corrected chi connectivity index (χ0v) is 17.9. The van der Waals surface area contributed by atoms with Crippen molar-refractivity contribution >= 4 is 21.5 Å². The molecular weight excluding hydrogens is 336 g/mol. The first-order valence-corrected chi connectivity index (χ1v) is 10.2. The van der Waals surface area contributed by atoms with Crippen molar-refractivity contribution in [3.8, 4) is 11.1 Å². The molecule has 28 heavy (non-hydrogen) atoms. The van der Waals surface area contributed by atoms with Crippen molar-refractivity contribution < 1.29 is 0 Å². The van der Waals surface area contributed by atoms with E-state index in [0.717, 1.165) is 6.42 Å². The largest absolute Gasteiger partial charge is 0.100 e. The van der Waals surface area contributed by atoms with Gasteiger partial charge in [0.25, 0.3) is 0 Å². The summed E-state index contributed by atoms with van der Waals surface area (Å²) in [5.74, 6) is 0. The summed E-state index contributed by atoms with van der Waals surface area (Å²) >= 11 is 0. The molecule has 4 aromatic carbocycles. The van der Waals surface area contributed by atoms with Crippen LogP contribution in [0, 0.1) is 6.92 Å². The third-order valence-corrected chi connectivity index (χ3v) is 4.80. The molecule has 0 atom stereocenters. The molecule has 0 unspecified atom stereocenters. The van der Waals surface area contributed by atoms with E-state index in [2.05, 4.69) is 99.3 Å². The number of rotatable bonds is 2. The molecule has 0 heterocycles. The van der Waals surface area contributed by atoms with Gasteiger partial charge in [0.2, 0.25) is 0 Å². The molecule has 0 aliphatic rings. The minimum Gasteiger partial charge on any atom is -0.100 e. The molecule has 144 valence electrons. The molecule has 0 fully saturated rings. The van der Waals surface area contributed by atoms with Gasteiger partial charge in [-0.3, -0.25) is 0 Å². The predicted octanol–water partition coefficient (Wildman–Crippen LogP) is 8.97. The van der Waals surface area contributed by atoms with Crippen LogP contribution in [0.4, 0.5) is 0 Å². The summed E-state index contributed by atoms with van der Waals surface area (Å²) in [5.41, 5.74) is 5.25. The minimum atomic E-state index is 1.11. The second-order valence-corrected chi connectivity index (χ2v) is 6.82. The van der Waals surface area contributed by atoms with Crippen molar-refractivity contribution in [1.82, 2.24) is 0 Å². The first kappa shape index (κ1) is 21.4. The molecule has 0 N–H and O–H groups in total. The molecule has 0 nitrogen and oxygen atoms in total. The van der Waals surface area contributed by atoms with E-state index in [-0.39, 0.29) is 0 Å². The van der Waals surface area contributed by atoms with Crippen LogP contribution in [0.3, 0.4) is 0 Å². The number of hydrogen-bond acceptors (Lipinski definition) is 0. The maximum atomic E-state index is 3.67. The number of benzene rings is 4. The molecular formula is C28H32. The van der Waals surface area contributed by atoms with Crippen LogP contribution < -0.4 is 0 Å². The van der Waals surface area contributed by atoms with Gasteiger partial charge in [0.1, 0.15) is 0 Å². The van der Waals surface area contributed by atoms with Crippen LogP contribution >= 0.6 is 0 Å². The first-order valence-electron chi connectivity index (χ1n) is 10.2. The fourth-order valence-corrected chi connectivity index (χ4v) is 3.18. The van der Waals surface area contributed by atoms with Crippen molar-refractivity contribution in [2.24, 2.45) is 0 Å². The zero-order valence-electron chi connectivity index (χ0n) is 17.9. The lowest BCUT2D eigenvalue weighted by molar-refractivity contribution is 1.11. The normalized spacial score (nSPS) is 9.89. The Morgan fingerprint density at radius 3 is 1.82 bits per heavy atom. The first-order chi connectivity index (χ1) is 13.6. The summed E-state index contributed by atoms with van der Waals surface area (Å²) in [6.07, 6.45) is 1.11. The van der Waals surface area contributed by atoms with Crippen LogP contribution in [0.5, 0.6) is 0 Å². The molecule has 0 aliphatic heterocycles. The minimum absolute atomic E-state index is 1.11. The number of fused-ring (bicyclic) bond motifs is 2. The molecule has 0 aromatic heterocycles. The Hall–Kier alpha value is -2.86. The van der Waals surface area contributed by atoms with Crippen molar-refractivity contribution in [2.45, 2.75) is 41.0 Å². The lowest BCUT2D eigenvalue weighted by Crippen LogP contribution is -1.87. The van der Waals surface area contributed by atoms with Gasteiger partial charge in [-0.05, 0) is 58.5 Å². The third-order valence-electron chi connectivity index (χ3n) is 4.80. The quantitative estimate of drug-likeness (QED) is 0.310. The van der Waals surface area contributed by atoms with Crippen LogP contribution in [0.15, 0.2) is 91.0 Å². The van der Waals surface area contributed by atoms with Crippen molar-refractivity contribution in [1.29, 1.82) is 0 Å². The molecule has 0 saturated heterocycles. The van der Waals surface area contributed by atoms with Gasteiger partial charge in [-0.25, -0.2) is 0 Å². The highest BCUT2D eigenvalue weighted by molar-refractivity contribution is 6.06. The van der Waals surface area contributed by atoms with Crippen LogP contribution in [-0.4, -0.2) is 0 Å². The van der Waals surface area contributed by atoms with Gasteiger partial charge < -0.3 is 0 Å². The SMILES string of the molecule is C=C(C)CC.CC.Cc1ccc2ccccc2c1-c1cccc2ccccc12. The number of hydrogen-bond donors (Lipinski definition) is 0. The topological polar surface area (TPSA) is 0 Å². The molecule has 0 heteroatoms. The highest BCUT2D eigenvalue weighted by Gasteiger charge is 2.09.